The average Bonchev–Trinajstić information content (AvgIpc) is 2.15. The van der Waals surface area contributed by atoms with E-state index in [0.717, 1.165) is 12.7 Å². The molecule has 102 valence electrons. The van der Waals surface area contributed by atoms with Gasteiger partial charge in [0.25, 0.3) is 0 Å². The summed E-state index contributed by atoms with van der Waals surface area (Å²) in [5.74, 6) is -0.220. The molecule has 0 amide bonds. The minimum atomic E-state index is -1.03. The highest BCUT2D eigenvalue weighted by molar-refractivity contribution is 6.76. The second-order valence-electron chi connectivity index (χ2n) is 5.32. The van der Waals surface area contributed by atoms with Crippen LogP contribution in [0.2, 0.25) is 25.7 Å². The van der Waals surface area contributed by atoms with E-state index in [9.17, 15) is 4.79 Å². The first-order valence-corrected chi connectivity index (χ1v) is 9.91. The fourth-order valence-corrected chi connectivity index (χ4v) is 1.87. The van der Waals surface area contributed by atoms with E-state index < -0.39 is 8.07 Å². The van der Waals surface area contributed by atoms with E-state index in [1.807, 2.05) is 6.92 Å². The maximum absolute atomic E-state index is 11.1. The lowest BCUT2D eigenvalue weighted by Gasteiger charge is -2.16. The summed E-state index contributed by atoms with van der Waals surface area (Å²) in [4.78, 5) is 11.1. The van der Waals surface area contributed by atoms with Gasteiger partial charge < -0.3 is 14.2 Å². The van der Waals surface area contributed by atoms with Crippen LogP contribution in [-0.2, 0) is 19.0 Å². The van der Waals surface area contributed by atoms with E-state index in [1.54, 1.807) is 6.92 Å². The molecular formula is C12H26O4Si. The number of hydrogen-bond donors (Lipinski definition) is 0. The van der Waals surface area contributed by atoms with Gasteiger partial charge in [0.15, 0.2) is 0 Å². The number of ether oxygens (including phenoxy) is 3. The summed E-state index contributed by atoms with van der Waals surface area (Å²) in [5.41, 5.74) is 0. The van der Waals surface area contributed by atoms with Crippen molar-refractivity contribution < 1.29 is 19.0 Å². The van der Waals surface area contributed by atoms with Crippen LogP contribution < -0.4 is 0 Å². The fourth-order valence-electron chi connectivity index (χ4n) is 1.12. The van der Waals surface area contributed by atoms with E-state index in [2.05, 4.69) is 19.6 Å². The van der Waals surface area contributed by atoms with Gasteiger partial charge in [0.1, 0.15) is 6.79 Å². The summed E-state index contributed by atoms with van der Waals surface area (Å²) in [7, 11) is -1.03. The SMILES string of the molecule is CCOC(=O)C[C@H](C)OCOCC[Si](C)(C)C. The van der Waals surface area contributed by atoms with Crippen LogP contribution in [0.15, 0.2) is 0 Å². The number of carbonyl (C=O) groups excluding carboxylic acids is 1. The van der Waals surface area contributed by atoms with Crippen LogP contribution in [0, 0.1) is 0 Å². The molecule has 0 heterocycles. The summed E-state index contributed by atoms with van der Waals surface area (Å²) >= 11 is 0. The summed E-state index contributed by atoms with van der Waals surface area (Å²) in [5, 5.41) is 0. The highest BCUT2D eigenvalue weighted by atomic mass is 28.3. The van der Waals surface area contributed by atoms with Crippen molar-refractivity contribution in [2.45, 2.75) is 52.1 Å². The number of hydrogen-bond acceptors (Lipinski definition) is 4. The van der Waals surface area contributed by atoms with Crippen molar-refractivity contribution in [2.75, 3.05) is 20.0 Å². The normalized spacial score (nSPS) is 13.5. The Labute approximate surface area is 106 Å². The van der Waals surface area contributed by atoms with Crippen molar-refractivity contribution in [3.63, 3.8) is 0 Å². The summed E-state index contributed by atoms with van der Waals surface area (Å²) in [6.45, 7) is 12.0. The van der Waals surface area contributed by atoms with Crippen LogP contribution in [0.25, 0.3) is 0 Å². The van der Waals surface area contributed by atoms with Gasteiger partial charge in [0.2, 0.25) is 0 Å². The molecule has 0 aromatic heterocycles. The minimum absolute atomic E-state index is 0.152. The molecule has 0 radical (unpaired) electrons. The molecule has 0 rings (SSSR count). The Bertz CT molecular complexity index is 213. The second kappa shape index (κ2) is 8.66. The minimum Gasteiger partial charge on any atom is -0.466 e. The Morgan fingerprint density at radius 3 is 2.47 bits per heavy atom. The maximum Gasteiger partial charge on any atom is 0.308 e. The molecule has 0 fully saturated rings. The molecule has 1 atom stereocenters. The van der Waals surface area contributed by atoms with Crippen molar-refractivity contribution in [3.8, 4) is 0 Å². The molecule has 17 heavy (non-hydrogen) atoms. The summed E-state index contributed by atoms with van der Waals surface area (Å²) in [6.07, 6.45) is 0.131. The first kappa shape index (κ1) is 16.6. The molecule has 0 spiro atoms. The van der Waals surface area contributed by atoms with Gasteiger partial charge in [-0.3, -0.25) is 4.79 Å². The summed E-state index contributed by atoms with van der Waals surface area (Å²) in [6, 6.07) is 1.13. The lowest BCUT2D eigenvalue weighted by Crippen LogP contribution is -2.23. The zero-order chi connectivity index (χ0) is 13.3. The number of esters is 1. The van der Waals surface area contributed by atoms with Gasteiger partial charge in [-0.1, -0.05) is 19.6 Å². The maximum atomic E-state index is 11.1. The fraction of sp³-hybridized carbons (Fsp3) is 0.917. The molecule has 0 aliphatic carbocycles. The lowest BCUT2D eigenvalue weighted by atomic mass is 10.3. The van der Waals surface area contributed by atoms with Gasteiger partial charge in [-0.05, 0) is 19.9 Å². The van der Waals surface area contributed by atoms with Crippen LogP contribution in [0.3, 0.4) is 0 Å². The highest BCUT2D eigenvalue weighted by Gasteiger charge is 2.13. The molecule has 0 unspecified atom stereocenters. The quantitative estimate of drug-likeness (QED) is 0.277. The Kier molecular flexibility index (Phi) is 8.46. The molecule has 0 aliphatic rings. The van der Waals surface area contributed by atoms with E-state index >= 15 is 0 Å². The van der Waals surface area contributed by atoms with E-state index in [0.29, 0.717) is 6.61 Å². The molecular weight excluding hydrogens is 236 g/mol. The smallest absolute Gasteiger partial charge is 0.308 e. The zero-order valence-electron chi connectivity index (χ0n) is 11.7. The van der Waals surface area contributed by atoms with Gasteiger partial charge in [0.05, 0.1) is 19.1 Å². The summed E-state index contributed by atoms with van der Waals surface area (Å²) < 4.78 is 15.6. The van der Waals surface area contributed by atoms with Crippen molar-refractivity contribution in [1.29, 1.82) is 0 Å². The molecule has 0 N–H and O–H groups in total. The molecule has 4 nitrogen and oxygen atoms in total. The zero-order valence-corrected chi connectivity index (χ0v) is 12.7. The standard InChI is InChI=1S/C12H26O4Si/c1-6-15-12(13)9-11(2)16-10-14-7-8-17(3,4)5/h11H,6-10H2,1-5H3/t11-/m0/s1. The van der Waals surface area contributed by atoms with E-state index in [-0.39, 0.29) is 25.3 Å². The predicted molar refractivity (Wildman–Crippen MR) is 70.8 cm³/mol. The number of rotatable bonds is 9. The largest absolute Gasteiger partial charge is 0.466 e. The topological polar surface area (TPSA) is 44.8 Å². The third-order valence-electron chi connectivity index (χ3n) is 2.19. The van der Waals surface area contributed by atoms with Crippen LogP contribution >= 0.6 is 0 Å². The molecule has 0 aromatic carbocycles. The van der Waals surface area contributed by atoms with Crippen molar-refractivity contribution in [3.05, 3.63) is 0 Å². The van der Waals surface area contributed by atoms with Crippen LogP contribution in [-0.4, -0.2) is 40.2 Å². The Morgan fingerprint density at radius 2 is 1.94 bits per heavy atom. The van der Waals surface area contributed by atoms with Gasteiger partial charge >= 0.3 is 5.97 Å². The Hall–Kier alpha value is -0.393. The van der Waals surface area contributed by atoms with Gasteiger partial charge in [0, 0.05) is 14.7 Å². The van der Waals surface area contributed by atoms with E-state index in [1.165, 1.54) is 0 Å². The molecule has 0 aromatic rings. The second-order valence-corrected chi connectivity index (χ2v) is 10.9. The molecule has 0 aliphatic heterocycles. The number of carbonyl (C=O) groups is 1. The first-order chi connectivity index (χ1) is 7.85. The van der Waals surface area contributed by atoms with Crippen molar-refractivity contribution in [1.82, 2.24) is 0 Å². The third-order valence-corrected chi connectivity index (χ3v) is 3.90. The molecule has 5 heteroatoms. The highest BCUT2D eigenvalue weighted by Crippen LogP contribution is 2.07. The molecule has 0 bridgehead atoms. The van der Waals surface area contributed by atoms with Crippen molar-refractivity contribution in [2.24, 2.45) is 0 Å². The Morgan fingerprint density at radius 1 is 1.29 bits per heavy atom. The molecule has 0 saturated carbocycles. The van der Waals surface area contributed by atoms with E-state index in [4.69, 9.17) is 14.2 Å². The van der Waals surface area contributed by atoms with Gasteiger partial charge in [-0.25, -0.2) is 0 Å². The van der Waals surface area contributed by atoms with Crippen LogP contribution in [0.1, 0.15) is 20.3 Å². The van der Waals surface area contributed by atoms with Gasteiger partial charge in [-0.15, -0.1) is 0 Å². The first-order valence-electron chi connectivity index (χ1n) is 6.20. The Balaban J connectivity index is 3.45. The average molecular weight is 262 g/mol. The third kappa shape index (κ3) is 11.9. The van der Waals surface area contributed by atoms with Crippen LogP contribution in [0.5, 0.6) is 0 Å². The molecule has 0 saturated heterocycles. The monoisotopic (exact) mass is 262 g/mol. The van der Waals surface area contributed by atoms with Crippen LogP contribution in [0.4, 0.5) is 0 Å². The predicted octanol–water partition coefficient (Wildman–Crippen LogP) is 2.66. The lowest BCUT2D eigenvalue weighted by molar-refractivity contribution is -0.149. The van der Waals surface area contributed by atoms with Crippen molar-refractivity contribution >= 4 is 14.0 Å². The van der Waals surface area contributed by atoms with Gasteiger partial charge in [-0.2, -0.15) is 0 Å².